The van der Waals surface area contributed by atoms with Gasteiger partial charge in [0, 0.05) is 32.3 Å². The van der Waals surface area contributed by atoms with Crippen molar-refractivity contribution >= 4 is 0 Å². The molecule has 0 bridgehead atoms. The van der Waals surface area contributed by atoms with E-state index in [4.69, 9.17) is 14.9 Å². The molecule has 1 aliphatic heterocycles. The molecule has 0 saturated carbocycles. The van der Waals surface area contributed by atoms with Crippen LogP contribution in [0.3, 0.4) is 0 Å². The van der Waals surface area contributed by atoms with Crippen LogP contribution in [0.4, 0.5) is 0 Å². The molecule has 1 rings (SSSR count). The van der Waals surface area contributed by atoms with E-state index in [9.17, 15) is 0 Å². The van der Waals surface area contributed by atoms with Crippen molar-refractivity contribution in [2.75, 3.05) is 26.4 Å². The zero-order chi connectivity index (χ0) is 8.81. The second-order valence-electron chi connectivity index (χ2n) is 3.52. The van der Waals surface area contributed by atoms with Crippen LogP contribution in [0.2, 0.25) is 0 Å². The fourth-order valence-corrected chi connectivity index (χ4v) is 1.66. The van der Waals surface area contributed by atoms with E-state index in [0.29, 0.717) is 5.92 Å². The lowest BCUT2D eigenvalue weighted by atomic mass is 9.90. The topological polar surface area (TPSA) is 49.7 Å². The maximum absolute atomic E-state index is 8.87. The van der Waals surface area contributed by atoms with Gasteiger partial charge in [-0.3, -0.25) is 0 Å². The quantitative estimate of drug-likeness (QED) is 0.648. The summed E-state index contributed by atoms with van der Waals surface area (Å²) in [6, 6.07) is 0. The summed E-state index contributed by atoms with van der Waals surface area (Å²) in [6.45, 7) is 1.89. The van der Waals surface area contributed by atoms with Gasteiger partial charge in [-0.25, -0.2) is 0 Å². The molecular formula is C9H18O3. The first kappa shape index (κ1) is 9.96. The molecule has 3 heteroatoms. The second-order valence-corrected chi connectivity index (χ2v) is 3.52. The minimum Gasteiger partial charge on any atom is -0.396 e. The molecule has 3 nitrogen and oxygen atoms in total. The summed E-state index contributed by atoms with van der Waals surface area (Å²) in [7, 11) is 0. The Hall–Kier alpha value is -0.120. The van der Waals surface area contributed by atoms with E-state index in [1.165, 1.54) is 0 Å². The van der Waals surface area contributed by atoms with Crippen LogP contribution in [0.1, 0.15) is 19.3 Å². The molecule has 0 aromatic heterocycles. The molecule has 12 heavy (non-hydrogen) atoms. The molecule has 0 unspecified atom stereocenters. The average molecular weight is 174 g/mol. The highest BCUT2D eigenvalue weighted by atomic mass is 16.5. The molecule has 0 aromatic rings. The number of rotatable bonds is 4. The molecule has 0 amide bonds. The van der Waals surface area contributed by atoms with E-state index < -0.39 is 0 Å². The molecule has 1 aliphatic rings. The molecule has 1 fully saturated rings. The first-order valence-electron chi connectivity index (χ1n) is 4.66. The minimum absolute atomic E-state index is 0.0769. The standard InChI is InChI=1S/C9H18O3/c10-6-9(7-11)5-8-1-3-12-4-2-8/h8-11H,1-7H2. The number of aliphatic hydroxyl groups excluding tert-OH is 2. The molecule has 0 radical (unpaired) electrons. The third-order valence-electron chi connectivity index (χ3n) is 2.52. The highest BCUT2D eigenvalue weighted by Gasteiger charge is 2.17. The van der Waals surface area contributed by atoms with Gasteiger partial charge in [0.25, 0.3) is 0 Å². The van der Waals surface area contributed by atoms with E-state index in [1.807, 2.05) is 0 Å². The van der Waals surface area contributed by atoms with E-state index in [1.54, 1.807) is 0 Å². The predicted molar refractivity (Wildman–Crippen MR) is 45.8 cm³/mol. The van der Waals surface area contributed by atoms with Gasteiger partial charge < -0.3 is 14.9 Å². The lowest BCUT2D eigenvalue weighted by Gasteiger charge is -2.24. The number of aliphatic hydroxyl groups is 2. The smallest absolute Gasteiger partial charge is 0.0481 e. The first-order chi connectivity index (χ1) is 5.86. The Labute approximate surface area is 73.4 Å². The number of ether oxygens (including phenoxy) is 1. The Morgan fingerprint density at radius 2 is 1.75 bits per heavy atom. The summed E-state index contributed by atoms with van der Waals surface area (Å²) in [6.07, 6.45) is 3.10. The number of hydrogen-bond donors (Lipinski definition) is 2. The lowest BCUT2D eigenvalue weighted by molar-refractivity contribution is 0.0463. The molecule has 0 aromatic carbocycles. The van der Waals surface area contributed by atoms with Gasteiger partial charge in [0.2, 0.25) is 0 Å². The molecular weight excluding hydrogens is 156 g/mol. The van der Waals surface area contributed by atoms with Crippen molar-refractivity contribution in [1.82, 2.24) is 0 Å². The van der Waals surface area contributed by atoms with Gasteiger partial charge in [-0.05, 0) is 25.2 Å². The third kappa shape index (κ3) is 3.09. The van der Waals surface area contributed by atoms with Crippen LogP contribution in [-0.4, -0.2) is 36.6 Å². The monoisotopic (exact) mass is 174 g/mol. The van der Waals surface area contributed by atoms with Gasteiger partial charge in [-0.15, -0.1) is 0 Å². The summed E-state index contributed by atoms with van der Waals surface area (Å²) < 4.78 is 5.22. The van der Waals surface area contributed by atoms with E-state index in [2.05, 4.69) is 0 Å². The van der Waals surface area contributed by atoms with Crippen molar-refractivity contribution in [3.63, 3.8) is 0 Å². The van der Waals surface area contributed by atoms with Crippen LogP contribution in [0.15, 0.2) is 0 Å². The van der Waals surface area contributed by atoms with Crippen molar-refractivity contribution in [3.8, 4) is 0 Å². The van der Waals surface area contributed by atoms with Crippen LogP contribution in [0.25, 0.3) is 0 Å². The summed E-state index contributed by atoms with van der Waals surface area (Å²) >= 11 is 0. The Balaban J connectivity index is 2.18. The van der Waals surface area contributed by atoms with Crippen LogP contribution in [-0.2, 0) is 4.74 Å². The van der Waals surface area contributed by atoms with Crippen LogP contribution < -0.4 is 0 Å². The lowest BCUT2D eigenvalue weighted by Crippen LogP contribution is -2.21. The maximum Gasteiger partial charge on any atom is 0.0481 e. The summed E-state index contributed by atoms with van der Waals surface area (Å²) in [5.74, 6) is 0.719. The largest absolute Gasteiger partial charge is 0.396 e. The summed E-state index contributed by atoms with van der Waals surface area (Å²) in [5.41, 5.74) is 0. The molecule has 0 aliphatic carbocycles. The highest BCUT2D eigenvalue weighted by molar-refractivity contribution is 4.68. The van der Waals surface area contributed by atoms with Crippen molar-refractivity contribution in [3.05, 3.63) is 0 Å². The summed E-state index contributed by atoms with van der Waals surface area (Å²) in [5, 5.41) is 17.7. The maximum atomic E-state index is 8.87. The van der Waals surface area contributed by atoms with Crippen molar-refractivity contribution < 1.29 is 14.9 Å². The van der Waals surface area contributed by atoms with E-state index in [0.717, 1.165) is 32.5 Å². The van der Waals surface area contributed by atoms with Gasteiger partial charge in [-0.1, -0.05) is 0 Å². The van der Waals surface area contributed by atoms with Crippen LogP contribution in [0, 0.1) is 11.8 Å². The van der Waals surface area contributed by atoms with Gasteiger partial charge in [-0.2, -0.15) is 0 Å². The first-order valence-corrected chi connectivity index (χ1v) is 4.66. The van der Waals surface area contributed by atoms with E-state index in [-0.39, 0.29) is 19.1 Å². The molecule has 1 heterocycles. The predicted octanol–water partition coefficient (Wildman–Crippen LogP) is 0.404. The molecule has 0 atom stereocenters. The average Bonchev–Trinajstić information content (AvgIpc) is 2.16. The normalized spacial score (nSPS) is 20.2. The zero-order valence-electron chi connectivity index (χ0n) is 7.41. The molecule has 0 spiro atoms. The second kappa shape index (κ2) is 5.51. The minimum atomic E-state index is 0.0769. The van der Waals surface area contributed by atoms with Gasteiger partial charge in [0.05, 0.1) is 0 Å². The fraction of sp³-hybridized carbons (Fsp3) is 1.00. The third-order valence-corrected chi connectivity index (χ3v) is 2.52. The van der Waals surface area contributed by atoms with E-state index >= 15 is 0 Å². The highest BCUT2D eigenvalue weighted by Crippen LogP contribution is 2.22. The van der Waals surface area contributed by atoms with Crippen LogP contribution >= 0.6 is 0 Å². The van der Waals surface area contributed by atoms with Crippen LogP contribution in [0.5, 0.6) is 0 Å². The van der Waals surface area contributed by atoms with Crippen molar-refractivity contribution in [2.24, 2.45) is 11.8 Å². The van der Waals surface area contributed by atoms with Crippen molar-refractivity contribution in [1.29, 1.82) is 0 Å². The molecule has 72 valence electrons. The Morgan fingerprint density at radius 3 is 2.25 bits per heavy atom. The van der Waals surface area contributed by atoms with Gasteiger partial charge >= 0.3 is 0 Å². The van der Waals surface area contributed by atoms with Crippen molar-refractivity contribution in [2.45, 2.75) is 19.3 Å². The Kier molecular flexibility index (Phi) is 4.58. The summed E-state index contributed by atoms with van der Waals surface area (Å²) in [4.78, 5) is 0. The Morgan fingerprint density at radius 1 is 1.17 bits per heavy atom. The number of hydrogen-bond acceptors (Lipinski definition) is 3. The zero-order valence-corrected chi connectivity index (χ0v) is 7.41. The van der Waals surface area contributed by atoms with Gasteiger partial charge in [0.15, 0.2) is 0 Å². The molecule has 2 N–H and O–H groups in total. The Bertz CT molecular complexity index is 106. The molecule has 1 saturated heterocycles. The van der Waals surface area contributed by atoms with Gasteiger partial charge in [0.1, 0.15) is 0 Å². The SMILES string of the molecule is OCC(CO)CC1CCOCC1. The fourth-order valence-electron chi connectivity index (χ4n) is 1.66.